The SMILES string of the molecule is CCNC(C)C(C)n1cnc2c1CCCC2. The van der Waals surface area contributed by atoms with Gasteiger partial charge < -0.3 is 9.88 Å². The highest BCUT2D eigenvalue weighted by Crippen LogP contribution is 2.24. The van der Waals surface area contributed by atoms with E-state index >= 15 is 0 Å². The molecule has 3 heteroatoms. The first kappa shape index (κ1) is 11.6. The van der Waals surface area contributed by atoms with Gasteiger partial charge in [0.25, 0.3) is 0 Å². The monoisotopic (exact) mass is 221 g/mol. The summed E-state index contributed by atoms with van der Waals surface area (Å²) in [7, 11) is 0. The molecule has 1 aromatic rings. The third kappa shape index (κ3) is 2.14. The lowest BCUT2D eigenvalue weighted by molar-refractivity contribution is 0.388. The predicted molar refractivity (Wildman–Crippen MR) is 66.7 cm³/mol. The molecule has 0 saturated carbocycles. The molecule has 2 atom stereocenters. The highest BCUT2D eigenvalue weighted by molar-refractivity contribution is 5.17. The molecule has 1 N–H and O–H groups in total. The first-order chi connectivity index (χ1) is 7.74. The summed E-state index contributed by atoms with van der Waals surface area (Å²) >= 11 is 0. The fourth-order valence-electron chi connectivity index (χ4n) is 2.58. The van der Waals surface area contributed by atoms with Crippen LogP contribution in [0.5, 0.6) is 0 Å². The predicted octanol–water partition coefficient (Wildman–Crippen LogP) is 2.32. The topological polar surface area (TPSA) is 29.9 Å². The van der Waals surface area contributed by atoms with Gasteiger partial charge in [0.1, 0.15) is 0 Å². The maximum absolute atomic E-state index is 4.56. The number of rotatable bonds is 4. The average Bonchev–Trinajstić information content (AvgIpc) is 2.72. The van der Waals surface area contributed by atoms with Crippen LogP contribution in [0.2, 0.25) is 0 Å². The van der Waals surface area contributed by atoms with Gasteiger partial charge in [-0.15, -0.1) is 0 Å². The fraction of sp³-hybridized carbons (Fsp3) is 0.769. The van der Waals surface area contributed by atoms with Crippen molar-refractivity contribution in [3.8, 4) is 0 Å². The number of aryl methyl sites for hydroxylation is 1. The molecule has 0 saturated heterocycles. The summed E-state index contributed by atoms with van der Waals surface area (Å²) in [5.41, 5.74) is 2.81. The number of aromatic nitrogens is 2. The van der Waals surface area contributed by atoms with Gasteiger partial charge in [-0.3, -0.25) is 0 Å². The van der Waals surface area contributed by atoms with E-state index in [2.05, 4.69) is 35.6 Å². The van der Waals surface area contributed by atoms with E-state index in [1.54, 1.807) is 0 Å². The number of hydrogen-bond acceptors (Lipinski definition) is 2. The Labute approximate surface area is 98.3 Å². The van der Waals surface area contributed by atoms with E-state index in [0.717, 1.165) is 6.54 Å². The quantitative estimate of drug-likeness (QED) is 0.845. The lowest BCUT2D eigenvalue weighted by Gasteiger charge is -2.25. The maximum atomic E-state index is 4.56. The van der Waals surface area contributed by atoms with Crippen molar-refractivity contribution in [2.24, 2.45) is 0 Å². The second kappa shape index (κ2) is 5.00. The van der Waals surface area contributed by atoms with E-state index < -0.39 is 0 Å². The summed E-state index contributed by atoms with van der Waals surface area (Å²) in [5, 5.41) is 3.49. The Morgan fingerprint density at radius 1 is 1.38 bits per heavy atom. The van der Waals surface area contributed by atoms with Crippen LogP contribution < -0.4 is 5.32 Å². The van der Waals surface area contributed by atoms with Gasteiger partial charge >= 0.3 is 0 Å². The minimum atomic E-state index is 0.495. The number of nitrogens with one attached hydrogen (secondary N) is 1. The van der Waals surface area contributed by atoms with Crippen LogP contribution in [0.4, 0.5) is 0 Å². The van der Waals surface area contributed by atoms with Crippen LogP contribution in [-0.4, -0.2) is 22.1 Å². The van der Waals surface area contributed by atoms with Crippen molar-refractivity contribution < 1.29 is 0 Å². The summed E-state index contributed by atoms with van der Waals surface area (Å²) in [6.07, 6.45) is 7.04. The van der Waals surface area contributed by atoms with Gasteiger partial charge in [-0.05, 0) is 46.1 Å². The molecule has 0 bridgehead atoms. The van der Waals surface area contributed by atoms with E-state index in [-0.39, 0.29) is 0 Å². The van der Waals surface area contributed by atoms with Gasteiger partial charge in [0.05, 0.1) is 12.0 Å². The lowest BCUT2D eigenvalue weighted by Crippen LogP contribution is -2.34. The fourth-order valence-corrected chi connectivity index (χ4v) is 2.58. The molecule has 0 fully saturated rings. The second-order valence-corrected chi connectivity index (χ2v) is 4.84. The highest BCUT2D eigenvalue weighted by atomic mass is 15.1. The normalized spacial score (nSPS) is 19.2. The average molecular weight is 221 g/mol. The van der Waals surface area contributed by atoms with Gasteiger partial charge in [0, 0.05) is 17.8 Å². The largest absolute Gasteiger partial charge is 0.330 e. The summed E-state index contributed by atoms with van der Waals surface area (Å²) in [6.45, 7) is 7.72. The van der Waals surface area contributed by atoms with Crippen molar-refractivity contribution in [2.75, 3.05) is 6.54 Å². The number of fused-ring (bicyclic) bond motifs is 1. The van der Waals surface area contributed by atoms with Crippen molar-refractivity contribution >= 4 is 0 Å². The van der Waals surface area contributed by atoms with E-state index in [0.29, 0.717) is 12.1 Å². The number of nitrogens with zero attached hydrogens (tertiary/aromatic N) is 2. The molecule has 0 spiro atoms. The zero-order valence-corrected chi connectivity index (χ0v) is 10.7. The van der Waals surface area contributed by atoms with Gasteiger partial charge in [0.15, 0.2) is 0 Å². The molecule has 3 nitrogen and oxygen atoms in total. The summed E-state index contributed by atoms with van der Waals surface area (Å²) in [6, 6.07) is 1.000. The smallest absolute Gasteiger partial charge is 0.0954 e. The molecule has 1 aromatic heterocycles. The molecule has 1 heterocycles. The molecule has 0 radical (unpaired) electrons. The van der Waals surface area contributed by atoms with Crippen LogP contribution in [-0.2, 0) is 12.8 Å². The van der Waals surface area contributed by atoms with Crippen LogP contribution in [0.15, 0.2) is 6.33 Å². The molecular weight excluding hydrogens is 198 g/mol. The zero-order chi connectivity index (χ0) is 11.5. The van der Waals surface area contributed by atoms with Crippen LogP contribution in [0.3, 0.4) is 0 Å². The Morgan fingerprint density at radius 2 is 2.12 bits per heavy atom. The van der Waals surface area contributed by atoms with Crippen LogP contribution in [0.25, 0.3) is 0 Å². The minimum absolute atomic E-state index is 0.495. The first-order valence-electron chi connectivity index (χ1n) is 6.52. The molecule has 16 heavy (non-hydrogen) atoms. The van der Waals surface area contributed by atoms with Crippen molar-refractivity contribution in [3.63, 3.8) is 0 Å². The number of likely N-dealkylation sites (N-methyl/N-ethyl adjacent to an activating group) is 1. The second-order valence-electron chi connectivity index (χ2n) is 4.84. The van der Waals surface area contributed by atoms with Gasteiger partial charge in [-0.1, -0.05) is 6.92 Å². The number of hydrogen-bond donors (Lipinski definition) is 1. The molecule has 2 rings (SSSR count). The van der Waals surface area contributed by atoms with E-state index in [1.807, 2.05) is 6.33 Å². The molecular formula is C13H23N3. The maximum Gasteiger partial charge on any atom is 0.0954 e. The Hall–Kier alpha value is -0.830. The molecule has 0 amide bonds. The third-order valence-electron chi connectivity index (χ3n) is 3.75. The molecule has 0 aliphatic heterocycles. The summed E-state index contributed by atoms with van der Waals surface area (Å²) in [4.78, 5) is 4.56. The zero-order valence-electron chi connectivity index (χ0n) is 10.7. The van der Waals surface area contributed by atoms with Crippen molar-refractivity contribution in [1.82, 2.24) is 14.9 Å². The Balaban J connectivity index is 2.16. The minimum Gasteiger partial charge on any atom is -0.330 e. The van der Waals surface area contributed by atoms with Crippen LogP contribution >= 0.6 is 0 Å². The van der Waals surface area contributed by atoms with E-state index in [1.165, 1.54) is 37.1 Å². The van der Waals surface area contributed by atoms with Crippen LogP contribution in [0, 0.1) is 0 Å². The summed E-state index contributed by atoms with van der Waals surface area (Å²) in [5.74, 6) is 0. The summed E-state index contributed by atoms with van der Waals surface area (Å²) < 4.78 is 2.38. The molecule has 2 unspecified atom stereocenters. The van der Waals surface area contributed by atoms with Crippen molar-refractivity contribution in [2.45, 2.75) is 58.5 Å². The van der Waals surface area contributed by atoms with E-state index in [9.17, 15) is 0 Å². The number of imidazole rings is 1. The van der Waals surface area contributed by atoms with Crippen molar-refractivity contribution in [3.05, 3.63) is 17.7 Å². The standard InChI is InChI=1S/C13H23N3/c1-4-14-10(2)11(3)16-9-15-12-7-5-6-8-13(12)16/h9-11,14H,4-8H2,1-3H3. The van der Waals surface area contributed by atoms with E-state index in [4.69, 9.17) is 0 Å². The van der Waals surface area contributed by atoms with Gasteiger partial charge in [0.2, 0.25) is 0 Å². The third-order valence-corrected chi connectivity index (χ3v) is 3.75. The van der Waals surface area contributed by atoms with Gasteiger partial charge in [-0.2, -0.15) is 0 Å². The molecule has 1 aliphatic carbocycles. The Bertz CT molecular complexity index is 343. The molecule has 0 aromatic carbocycles. The Morgan fingerprint density at radius 3 is 2.88 bits per heavy atom. The molecule has 1 aliphatic rings. The Kier molecular flexibility index (Phi) is 3.64. The molecule has 90 valence electrons. The first-order valence-corrected chi connectivity index (χ1v) is 6.52. The highest BCUT2D eigenvalue weighted by Gasteiger charge is 2.20. The lowest BCUT2D eigenvalue weighted by atomic mass is 10.0. The van der Waals surface area contributed by atoms with Gasteiger partial charge in [-0.25, -0.2) is 4.98 Å². The van der Waals surface area contributed by atoms with Crippen molar-refractivity contribution in [1.29, 1.82) is 0 Å². The van der Waals surface area contributed by atoms with Crippen LogP contribution in [0.1, 0.15) is 51.0 Å².